The highest BCUT2D eigenvalue weighted by atomic mass is 35.5. The van der Waals surface area contributed by atoms with E-state index in [4.69, 9.17) is 21.1 Å². The lowest BCUT2D eigenvalue weighted by atomic mass is 10.1. The maximum absolute atomic E-state index is 12.7. The molecule has 0 radical (unpaired) electrons. The Morgan fingerprint density at radius 1 is 1.26 bits per heavy atom. The minimum Gasteiger partial charge on any atom is -0.456 e. The highest BCUT2D eigenvalue weighted by molar-refractivity contribution is 6.32. The maximum atomic E-state index is 12.7. The molecule has 2 aromatic rings. The number of carbonyl (C=O) groups is 1. The van der Waals surface area contributed by atoms with Crippen LogP contribution in [-0.2, 0) is 17.5 Å². The number of carbonyl (C=O) groups excluding carboxylic acids is 1. The lowest BCUT2D eigenvalue weighted by Crippen LogP contribution is -2.19. The number of nitro benzene ring substituents is 1. The molecule has 2 rings (SSSR count). The fraction of sp³-hybridized carbons (Fsp3) is 0.188. The summed E-state index contributed by atoms with van der Waals surface area (Å²) in [5, 5.41) is 13.0. The van der Waals surface area contributed by atoms with Crippen LogP contribution < -0.4 is 10.1 Å². The third kappa shape index (κ3) is 5.23. The molecular weight excluding hydrogens is 393 g/mol. The Hall–Kier alpha value is -3.01. The van der Waals surface area contributed by atoms with E-state index in [1.807, 2.05) is 0 Å². The summed E-state index contributed by atoms with van der Waals surface area (Å²) < 4.78 is 48.2. The first-order chi connectivity index (χ1) is 12.6. The molecule has 2 aromatic carbocycles. The molecule has 0 saturated carbocycles. The van der Waals surface area contributed by atoms with Crippen molar-refractivity contribution in [1.82, 2.24) is 5.32 Å². The number of ether oxygens (including phenoxy) is 2. The molecule has 0 atom stereocenters. The summed E-state index contributed by atoms with van der Waals surface area (Å²) in [6, 6.07) is 6.13. The SMILES string of the molecule is CNC(=O)OCc1cc(Oc2ccc(C(F)(F)F)cc2Cl)ccc1[N+](=O)[O-]. The Balaban J connectivity index is 2.28. The molecule has 1 N–H and O–H groups in total. The van der Waals surface area contributed by atoms with Gasteiger partial charge >= 0.3 is 12.3 Å². The van der Waals surface area contributed by atoms with Gasteiger partial charge in [-0.1, -0.05) is 11.6 Å². The second-order valence-corrected chi connectivity index (χ2v) is 5.53. The van der Waals surface area contributed by atoms with Gasteiger partial charge in [0.05, 0.1) is 21.1 Å². The van der Waals surface area contributed by atoms with Gasteiger partial charge in [-0.15, -0.1) is 0 Å². The van der Waals surface area contributed by atoms with Gasteiger partial charge in [-0.2, -0.15) is 13.2 Å². The van der Waals surface area contributed by atoms with E-state index in [1.54, 1.807) is 0 Å². The summed E-state index contributed by atoms with van der Waals surface area (Å²) in [6.45, 7) is -0.409. The van der Waals surface area contributed by atoms with Crippen LogP contribution in [0.5, 0.6) is 11.5 Å². The Labute approximate surface area is 155 Å². The van der Waals surface area contributed by atoms with Gasteiger partial charge in [-0.25, -0.2) is 4.79 Å². The lowest BCUT2D eigenvalue weighted by Gasteiger charge is -2.12. The van der Waals surface area contributed by atoms with E-state index >= 15 is 0 Å². The number of alkyl halides is 3. The molecule has 27 heavy (non-hydrogen) atoms. The van der Waals surface area contributed by atoms with Crippen LogP contribution in [-0.4, -0.2) is 18.1 Å². The summed E-state index contributed by atoms with van der Waals surface area (Å²) in [7, 11) is 1.32. The minimum absolute atomic E-state index is 0.0316. The summed E-state index contributed by atoms with van der Waals surface area (Å²) >= 11 is 5.82. The van der Waals surface area contributed by atoms with Crippen LogP contribution in [0.1, 0.15) is 11.1 Å². The average molecular weight is 405 g/mol. The molecule has 0 aliphatic heterocycles. The predicted molar refractivity (Wildman–Crippen MR) is 88.9 cm³/mol. The molecule has 0 aromatic heterocycles. The zero-order valence-corrected chi connectivity index (χ0v) is 14.4. The topological polar surface area (TPSA) is 90.7 Å². The largest absolute Gasteiger partial charge is 0.456 e. The standard InChI is InChI=1S/C16H12ClF3N2O5/c1-21-15(23)26-8-9-6-11(3-4-13(9)22(24)25)27-14-5-2-10(7-12(14)17)16(18,19)20/h2-7H,8H2,1H3,(H,21,23). The van der Waals surface area contributed by atoms with Crippen molar-refractivity contribution in [3.8, 4) is 11.5 Å². The van der Waals surface area contributed by atoms with Crippen LogP contribution in [0.4, 0.5) is 23.7 Å². The highest BCUT2D eigenvalue weighted by Crippen LogP contribution is 2.37. The van der Waals surface area contributed by atoms with Gasteiger partial charge in [0, 0.05) is 13.1 Å². The van der Waals surface area contributed by atoms with Gasteiger partial charge in [0.1, 0.15) is 18.1 Å². The normalized spacial score (nSPS) is 11.0. The average Bonchev–Trinajstić information content (AvgIpc) is 2.60. The van der Waals surface area contributed by atoms with Crippen molar-refractivity contribution in [2.75, 3.05) is 7.05 Å². The van der Waals surface area contributed by atoms with Gasteiger partial charge < -0.3 is 14.8 Å². The van der Waals surface area contributed by atoms with Gasteiger partial charge in [-0.05, 0) is 30.3 Å². The summed E-state index contributed by atoms with van der Waals surface area (Å²) in [5.41, 5.74) is -1.22. The Kier molecular flexibility index (Phi) is 6.11. The summed E-state index contributed by atoms with van der Waals surface area (Å²) in [6.07, 6.45) is -5.35. The Bertz CT molecular complexity index is 874. The highest BCUT2D eigenvalue weighted by Gasteiger charge is 2.31. The molecule has 1 amide bonds. The molecule has 0 heterocycles. The third-order valence-electron chi connectivity index (χ3n) is 3.30. The van der Waals surface area contributed by atoms with Gasteiger partial charge in [0.15, 0.2) is 0 Å². The van der Waals surface area contributed by atoms with Crippen molar-refractivity contribution in [3.05, 3.63) is 62.7 Å². The summed E-state index contributed by atoms with van der Waals surface area (Å²) in [5.74, 6) is -0.00513. The van der Waals surface area contributed by atoms with E-state index in [0.29, 0.717) is 6.07 Å². The number of benzene rings is 2. The second-order valence-electron chi connectivity index (χ2n) is 5.12. The number of alkyl carbamates (subject to hydrolysis) is 1. The fourth-order valence-corrected chi connectivity index (χ4v) is 2.24. The number of halogens is 4. The molecule has 0 bridgehead atoms. The minimum atomic E-state index is -4.56. The zero-order chi connectivity index (χ0) is 20.2. The van der Waals surface area contributed by atoms with Crippen molar-refractivity contribution >= 4 is 23.4 Å². The van der Waals surface area contributed by atoms with Crippen molar-refractivity contribution in [3.63, 3.8) is 0 Å². The van der Waals surface area contributed by atoms with Crippen LogP contribution in [0.25, 0.3) is 0 Å². The Morgan fingerprint density at radius 3 is 2.52 bits per heavy atom. The monoisotopic (exact) mass is 404 g/mol. The van der Waals surface area contributed by atoms with Crippen molar-refractivity contribution in [1.29, 1.82) is 0 Å². The molecule has 0 aliphatic rings. The first-order valence-corrected chi connectivity index (χ1v) is 7.66. The predicted octanol–water partition coefficient (Wildman–Crippen LogP) is 4.92. The molecule has 0 aliphatic carbocycles. The molecule has 144 valence electrons. The van der Waals surface area contributed by atoms with Crippen LogP contribution in [0.3, 0.4) is 0 Å². The number of hydrogen-bond donors (Lipinski definition) is 1. The molecule has 0 saturated heterocycles. The van der Waals surface area contributed by atoms with Crippen molar-refractivity contribution < 1.29 is 32.4 Å². The number of amides is 1. The molecule has 0 fully saturated rings. The zero-order valence-electron chi connectivity index (χ0n) is 13.7. The van der Waals surface area contributed by atoms with Gasteiger partial charge in [-0.3, -0.25) is 10.1 Å². The number of nitrogens with zero attached hydrogens (tertiary/aromatic N) is 1. The van der Waals surface area contributed by atoms with Gasteiger partial charge in [0.25, 0.3) is 5.69 Å². The second kappa shape index (κ2) is 8.12. The van der Waals surface area contributed by atoms with E-state index in [1.165, 1.54) is 19.2 Å². The third-order valence-corrected chi connectivity index (χ3v) is 3.59. The van der Waals surface area contributed by atoms with E-state index in [-0.39, 0.29) is 27.8 Å². The van der Waals surface area contributed by atoms with Crippen LogP contribution in [0.15, 0.2) is 36.4 Å². The lowest BCUT2D eigenvalue weighted by molar-refractivity contribution is -0.385. The van der Waals surface area contributed by atoms with E-state index in [9.17, 15) is 28.1 Å². The Morgan fingerprint density at radius 2 is 1.96 bits per heavy atom. The molecular formula is C16H12ClF3N2O5. The first-order valence-electron chi connectivity index (χ1n) is 7.28. The quantitative estimate of drug-likeness (QED) is 0.564. The number of hydrogen-bond acceptors (Lipinski definition) is 5. The number of nitro groups is 1. The van der Waals surface area contributed by atoms with Crippen LogP contribution in [0, 0.1) is 10.1 Å². The number of nitrogens with one attached hydrogen (secondary N) is 1. The first kappa shape index (κ1) is 20.3. The smallest absolute Gasteiger partial charge is 0.416 e. The number of rotatable bonds is 5. The van der Waals surface area contributed by atoms with E-state index in [0.717, 1.165) is 18.2 Å². The summed E-state index contributed by atoms with van der Waals surface area (Å²) in [4.78, 5) is 21.6. The van der Waals surface area contributed by atoms with Crippen molar-refractivity contribution in [2.45, 2.75) is 12.8 Å². The molecule has 0 unspecified atom stereocenters. The maximum Gasteiger partial charge on any atom is 0.416 e. The van der Waals surface area contributed by atoms with E-state index < -0.39 is 29.4 Å². The fourth-order valence-electron chi connectivity index (χ4n) is 2.02. The van der Waals surface area contributed by atoms with Crippen molar-refractivity contribution in [2.24, 2.45) is 0 Å². The van der Waals surface area contributed by atoms with Crippen LogP contribution >= 0.6 is 11.6 Å². The molecule has 7 nitrogen and oxygen atoms in total. The van der Waals surface area contributed by atoms with Crippen LogP contribution in [0.2, 0.25) is 5.02 Å². The van der Waals surface area contributed by atoms with E-state index in [2.05, 4.69) is 5.32 Å². The molecule has 0 spiro atoms. The molecule has 11 heteroatoms. The van der Waals surface area contributed by atoms with Gasteiger partial charge in [0.2, 0.25) is 0 Å².